The van der Waals surface area contributed by atoms with Gasteiger partial charge in [0, 0.05) is 43.5 Å². The van der Waals surface area contributed by atoms with Gasteiger partial charge in [0.25, 0.3) is 0 Å². The molecule has 0 atom stereocenters. The maximum Gasteiger partial charge on any atom is 0.311 e. The monoisotopic (exact) mass is 355 g/mol. The maximum atomic E-state index is 11.1. The molecule has 0 radical (unpaired) electrons. The molecule has 0 bridgehead atoms. The second kappa shape index (κ2) is 8.67. The van der Waals surface area contributed by atoms with Crippen molar-refractivity contribution in [1.29, 1.82) is 0 Å². The summed E-state index contributed by atoms with van der Waals surface area (Å²) in [7, 11) is 0. The summed E-state index contributed by atoms with van der Waals surface area (Å²) in [6, 6.07) is 15.9. The van der Waals surface area contributed by atoms with Crippen LogP contribution in [0.2, 0.25) is 0 Å². The standard InChI is InChI=1S/C20H25N3O3/c1-2-26-20-14-18(8-9-19(20)23(24)25)21-17-10-12-22(13-11-17)15-16-6-4-3-5-7-16/h3-9,14,17,21H,2,10-13,15H2,1H3. The van der Waals surface area contributed by atoms with Gasteiger partial charge in [-0.25, -0.2) is 0 Å². The van der Waals surface area contributed by atoms with Crippen molar-refractivity contribution in [2.24, 2.45) is 0 Å². The zero-order valence-corrected chi connectivity index (χ0v) is 15.1. The Bertz CT molecular complexity index is 728. The number of hydrogen-bond acceptors (Lipinski definition) is 5. The number of benzene rings is 2. The predicted molar refractivity (Wildman–Crippen MR) is 103 cm³/mol. The van der Waals surface area contributed by atoms with Crippen LogP contribution in [0.15, 0.2) is 48.5 Å². The van der Waals surface area contributed by atoms with Crippen LogP contribution in [-0.2, 0) is 6.54 Å². The van der Waals surface area contributed by atoms with E-state index < -0.39 is 4.92 Å². The van der Waals surface area contributed by atoms with E-state index in [1.54, 1.807) is 12.1 Å². The lowest BCUT2D eigenvalue weighted by atomic mass is 10.0. The highest BCUT2D eigenvalue weighted by molar-refractivity contribution is 5.58. The van der Waals surface area contributed by atoms with Gasteiger partial charge in [0.2, 0.25) is 0 Å². The van der Waals surface area contributed by atoms with Crippen LogP contribution in [0.5, 0.6) is 5.75 Å². The van der Waals surface area contributed by atoms with Gasteiger partial charge in [-0.15, -0.1) is 0 Å². The van der Waals surface area contributed by atoms with Crippen molar-refractivity contribution in [3.63, 3.8) is 0 Å². The van der Waals surface area contributed by atoms with Gasteiger partial charge < -0.3 is 10.1 Å². The molecule has 0 amide bonds. The van der Waals surface area contributed by atoms with Crippen molar-refractivity contribution in [3.8, 4) is 5.75 Å². The average molecular weight is 355 g/mol. The number of nitrogens with one attached hydrogen (secondary N) is 1. The van der Waals surface area contributed by atoms with Crippen LogP contribution >= 0.6 is 0 Å². The Labute approximate surface area is 153 Å². The molecule has 0 aromatic heterocycles. The molecule has 26 heavy (non-hydrogen) atoms. The molecule has 0 aliphatic carbocycles. The SMILES string of the molecule is CCOc1cc(NC2CCN(Cc3ccccc3)CC2)ccc1[N+](=O)[O-]. The number of hydrogen-bond donors (Lipinski definition) is 1. The third-order valence-corrected chi connectivity index (χ3v) is 4.66. The third kappa shape index (κ3) is 4.73. The van der Waals surface area contributed by atoms with Crippen LogP contribution in [0.4, 0.5) is 11.4 Å². The van der Waals surface area contributed by atoms with Gasteiger partial charge >= 0.3 is 5.69 Å². The lowest BCUT2D eigenvalue weighted by Crippen LogP contribution is -2.38. The number of piperidine rings is 1. The molecule has 1 fully saturated rings. The number of nitrogens with zero attached hydrogens (tertiary/aromatic N) is 2. The summed E-state index contributed by atoms with van der Waals surface area (Å²) in [5.74, 6) is 0.323. The van der Waals surface area contributed by atoms with Gasteiger partial charge in [-0.3, -0.25) is 15.0 Å². The van der Waals surface area contributed by atoms with Crippen molar-refractivity contribution in [3.05, 3.63) is 64.2 Å². The molecule has 1 heterocycles. The summed E-state index contributed by atoms with van der Waals surface area (Å²) in [4.78, 5) is 13.1. The number of nitro benzene ring substituents is 1. The fraction of sp³-hybridized carbons (Fsp3) is 0.400. The summed E-state index contributed by atoms with van der Waals surface area (Å²) < 4.78 is 5.42. The normalized spacial score (nSPS) is 15.6. The first kappa shape index (κ1) is 18.2. The molecule has 2 aromatic carbocycles. The summed E-state index contributed by atoms with van der Waals surface area (Å²) >= 11 is 0. The Morgan fingerprint density at radius 3 is 2.58 bits per heavy atom. The topological polar surface area (TPSA) is 67.6 Å². The average Bonchev–Trinajstić information content (AvgIpc) is 2.64. The minimum atomic E-state index is -0.406. The first-order valence-corrected chi connectivity index (χ1v) is 9.09. The van der Waals surface area contributed by atoms with Crippen LogP contribution in [0.25, 0.3) is 0 Å². The van der Waals surface area contributed by atoms with Gasteiger partial charge in [0.05, 0.1) is 11.5 Å². The first-order chi connectivity index (χ1) is 12.7. The molecule has 6 heteroatoms. The molecular weight excluding hydrogens is 330 g/mol. The van der Waals surface area contributed by atoms with Gasteiger partial charge in [-0.05, 0) is 31.4 Å². The van der Waals surface area contributed by atoms with Gasteiger partial charge in [0.15, 0.2) is 5.75 Å². The molecule has 6 nitrogen and oxygen atoms in total. The molecule has 0 unspecified atom stereocenters. The number of nitro groups is 1. The second-order valence-electron chi connectivity index (χ2n) is 6.55. The molecule has 2 aromatic rings. The van der Waals surface area contributed by atoms with Crippen LogP contribution in [-0.4, -0.2) is 35.6 Å². The number of rotatable bonds is 7. The van der Waals surface area contributed by atoms with Crippen LogP contribution in [0, 0.1) is 10.1 Å². The third-order valence-electron chi connectivity index (χ3n) is 4.66. The lowest BCUT2D eigenvalue weighted by Gasteiger charge is -2.33. The fourth-order valence-corrected chi connectivity index (χ4v) is 3.34. The quantitative estimate of drug-likeness (QED) is 0.599. The maximum absolute atomic E-state index is 11.1. The Morgan fingerprint density at radius 2 is 1.92 bits per heavy atom. The van der Waals surface area contributed by atoms with E-state index in [1.165, 1.54) is 11.6 Å². The fourth-order valence-electron chi connectivity index (χ4n) is 3.34. The molecular formula is C20H25N3O3. The Balaban J connectivity index is 1.55. The van der Waals surface area contributed by atoms with E-state index in [2.05, 4.69) is 34.5 Å². The zero-order chi connectivity index (χ0) is 18.4. The van der Waals surface area contributed by atoms with Gasteiger partial charge in [-0.2, -0.15) is 0 Å². The Hall–Kier alpha value is -2.60. The summed E-state index contributed by atoms with van der Waals surface area (Å²) in [5.41, 5.74) is 2.23. The largest absolute Gasteiger partial charge is 0.487 e. The zero-order valence-electron chi connectivity index (χ0n) is 15.1. The highest BCUT2D eigenvalue weighted by atomic mass is 16.6. The Morgan fingerprint density at radius 1 is 1.19 bits per heavy atom. The van der Waals surface area contributed by atoms with Gasteiger partial charge in [-0.1, -0.05) is 30.3 Å². The molecule has 1 saturated heterocycles. The molecule has 0 saturated carbocycles. The smallest absolute Gasteiger partial charge is 0.311 e. The minimum Gasteiger partial charge on any atom is -0.487 e. The minimum absolute atomic E-state index is 0.00933. The number of likely N-dealkylation sites (tertiary alicyclic amines) is 1. The van der Waals surface area contributed by atoms with E-state index in [0.29, 0.717) is 18.4 Å². The molecule has 0 spiro atoms. The highest BCUT2D eigenvalue weighted by Gasteiger charge is 2.21. The number of ether oxygens (including phenoxy) is 1. The molecule has 3 rings (SSSR count). The molecule has 138 valence electrons. The molecule has 1 aliphatic heterocycles. The van der Waals surface area contributed by atoms with E-state index >= 15 is 0 Å². The van der Waals surface area contributed by atoms with Crippen molar-refractivity contribution in [2.45, 2.75) is 32.4 Å². The van der Waals surface area contributed by atoms with E-state index in [4.69, 9.17) is 4.74 Å². The summed E-state index contributed by atoms with van der Waals surface area (Å²) in [5, 5.41) is 14.6. The summed E-state index contributed by atoms with van der Waals surface area (Å²) in [6.45, 7) is 5.30. The van der Waals surface area contributed by atoms with E-state index in [-0.39, 0.29) is 5.69 Å². The van der Waals surface area contributed by atoms with Crippen LogP contribution in [0.1, 0.15) is 25.3 Å². The van der Waals surface area contributed by atoms with Crippen molar-refractivity contribution < 1.29 is 9.66 Å². The van der Waals surface area contributed by atoms with E-state index in [0.717, 1.165) is 38.2 Å². The first-order valence-electron chi connectivity index (χ1n) is 9.09. The van der Waals surface area contributed by atoms with Crippen molar-refractivity contribution in [1.82, 2.24) is 4.90 Å². The van der Waals surface area contributed by atoms with Crippen molar-refractivity contribution in [2.75, 3.05) is 25.0 Å². The van der Waals surface area contributed by atoms with Crippen molar-refractivity contribution >= 4 is 11.4 Å². The van der Waals surface area contributed by atoms with Crippen LogP contribution in [0.3, 0.4) is 0 Å². The Kier molecular flexibility index (Phi) is 6.07. The second-order valence-corrected chi connectivity index (χ2v) is 6.55. The molecule has 1 aliphatic rings. The highest BCUT2D eigenvalue weighted by Crippen LogP contribution is 2.31. The van der Waals surface area contributed by atoms with E-state index in [9.17, 15) is 10.1 Å². The number of anilines is 1. The predicted octanol–water partition coefficient (Wildman–Crippen LogP) is 4.07. The van der Waals surface area contributed by atoms with Crippen LogP contribution < -0.4 is 10.1 Å². The lowest BCUT2D eigenvalue weighted by molar-refractivity contribution is -0.385. The van der Waals surface area contributed by atoms with E-state index in [1.807, 2.05) is 13.0 Å². The summed E-state index contributed by atoms with van der Waals surface area (Å²) in [6.07, 6.45) is 2.10. The molecule has 1 N–H and O–H groups in total. The van der Waals surface area contributed by atoms with Gasteiger partial charge in [0.1, 0.15) is 0 Å².